The van der Waals surface area contributed by atoms with Gasteiger partial charge in [0.2, 0.25) is 0 Å². The van der Waals surface area contributed by atoms with Gasteiger partial charge in [0.05, 0.1) is 27.1 Å². The summed E-state index contributed by atoms with van der Waals surface area (Å²) in [6, 6.07) is 9.05. The zero-order valence-corrected chi connectivity index (χ0v) is 17.9. The molecule has 1 aromatic carbocycles. The van der Waals surface area contributed by atoms with Crippen LogP contribution >= 0.6 is 0 Å². The first-order valence-electron chi connectivity index (χ1n) is 10.3. The molecule has 5 nitrogen and oxygen atoms in total. The summed E-state index contributed by atoms with van der Waals surface area (Å²) >= 11 is 0. The standard InChI is InChI=1S/C23H34NO4/c1-22(2)17-11-13-23(22,3)19(15-17)28-20(25)12-14-24(4,5)16-21(26)27-18-9-7-6-8-10-18/h6-10,17,19H,11-16H2,1-5H3/q+1. The monoisotopic (exact) mass is 388 g/mol. The highest BCUT2D eigenvalue weighted by atomic mass is 16.5. The van der Waals surface area contributed by atoms with Crippen molar-refractivity contribution in [2.75, 3.05) is 27.2 Å². The van der Waals surface area contributed by atoms with Crippen molar-refractivity contribution < 1.29 is 23.5 Å². The highest BCUT2D eigenvalue weighted by Gasteiger charge is 2.62. The molecule has 154 valence electrons. The van der Waals surface area contributed by atoms with Gasteiger partial charge in [0.1, 0.15) is 11.9 Å². The molecule has 3 unspecified atom stereocenters. The van der Waals surface area contributed by atoms with Crippen molar-refractivity contribution in [2.45, 2.75) is 52.6 Å². The summed E-state index contributed by atoms with van der Waals surface area (Å²) in [5, 5.41) is 0. The first kappa shape index (κ1) is 20.8. The Morgan fingerprint density at radius 2 is 1.79 bits per heavy atom. The van der Waals surface area contributed by atoms with Crippen molar-refractivity contribution >= 4 is 11.9 Å². The minimum absolute atomic E-state index is 0.0207. The van der Waals surface area contributed by atoms with Gasteiger partial charge in [-0.15, -0.1) is 0 Å². The fourth-order valence-corrected chi connectivity index (χ4v) is 5.00. The molecule has 0 N–H and O–H groups in total. The number of para-hydroxylation sites is 1. The molecule has 0 aromatic heterocycles. The normalized spacial score (nSPS) is 28.2. The van der Waals surface area contributed by atoms with Gasteiger partial charge >= 0.3 is 11.9 Å². The van der Waals surface area contributed by atoms with E-state index in [2.05, 4.69) is 20.8 Å². The van der Waals surface area contributed by atoms with Crippen molar-refractivity contribution in [3.8, 4) is 5.75 Å². The number of nitrogens with zero attached hydrogens (tertiary/aromatic N) is 1. The highest BCUT2D eigenvalue weighted by molar-refractivity contribution is 5.73. The molecule has 2 fully saturated rings. The summed E-state index contributed by atoms with van der Waals surface area (Å²) in [6.45, 7) is 7.66. The Bertz CT molecular complexity index is 727. The zero-order valence-electron chi connectivity index (χ0n) is 17.9. The van der Waals surface area contributed by atoms with Gasteiger partial charge in [0, 0.05) is 5.41 Å². The minimum atomic E-state index is -0.299. The molecule has 2 bridgehead atoms. The quantitative estimate of drug-likeness (QED) is 0.405. The maximum absolute atomic E-state index is 12.5. The van der Waals surface area contributed by atoms with E-state index in [0.29, 0.717) is 29.1 Å². The van der Waals surface area contributed by atoms with E-state index in [4.69, 9.17) is 9.47 Å². The van der Waals surface area contributed by atoms with Crippen molar-refractivity contribution in [2.24, 2.45) is 16.7 Å². The number of likely N-dealkylation sites (N-methyl/N-ethyl adjacent to an activating group) is 1. The molecule has 0 radical (unpaired) electrons. The van der Waals surface area contributed by atoms with Crippen LogP contribution < -0.4 is 4.74 Å². The molecule has 2 aliphatic carbocycles. The summed E-state index contributed by atoms with van der Waals surface area (Å²) in [5.74, 6) is 0.735. The summed E-state index contributed by atoms with van der Waals surface area (Å²) in [5.41, 5.74) is 0.311. The molecule has 3 atom stereocenters. The second-order valence-corrected chi connectivity index (χ2v) is 9.94. The average molecular weight is 389 g/mol. The van der Waals surface area contributed by atoms with Crippen molar-refractivity contribution in [3.05, 3.63) is 30.3 Å². The summed E-state index contributed by atoms with van der Waals surface area (Å²) in [4.78, 5) is 24.7. The Morgan fingerprint density at radius 3 is 2.36 bits per heavy atom. The van der Waals surface area contributed by atoms with Gasteiger partial charge in [-0.3, -0.25) is 4.79 Å². The highest BCUT2D eigenvalue weighted by Crippen LogP contribution is 2.66. The molecule has 0 aliphatic heterocycles. The van der Waals surface area contributed by atoms with E-state index in [9.17, 15) is 9.59 Å². The van der Waals surface area contributed by atoms with E-state index >= 15 is 0 Å². The maximum atomic E-state index is 12.5. The average Bonchev–Trinajstić information content (AvgIpc) is 2.94. The number of benzene rings is 1. The lowest BCUT2D eigenvalue weighted by Gasteiger charge is -2.38. The SMILES string of the molecule is CC1(C)C2CCC1(C)C(OC(=O)CC[N+](C)(C)CC(=O)Oc1ccccc1)C2. The molecule has 0 spiro atoms. The fourth-order valence-electron chi connectivity index (χ4n) is 5.00. The maximum Gasteiger partial charge on any atom is 0.367 e. The number of fused-ring (bicyclic) bond motifs is 2. The first-order chi connectivity index (χ1) is 13.0. The van der Waals surface area contributed by atoms with E-state index in [1.165, 1.54) is 6.42 Å². The number of hydrogen-bond donors (Lipinski definition) is 0. The van der Waals surface area contributed by atoms with Crippen molar-refractivity contribution in [1.82, 2.24) is 0 Å². The predicted molar refractivity (Wildman–Crippen MR) is 108 cm³/mol. The minimum Gasteiger partial charge on any atom is -0.462 e. The first-order valence-corrected chi connectivity index (χ1v) is 10.3. The van der Waals surface area contributed by atoms with Crippen LogP contribution in [0.15, 0.2) is 30.3 Å². The van der Waals surface area contributed by atoms with Gasteiger partial charge < -0.3 is 14.0 Å². The number of ether oxygens (including phenoxy) is 2. The number of rotatable bonds is 7. The Morgan fingerprint density at radius 1 is 1.11 bits per heavy atom. The molecule has 1 aromatic rings. The van der Waals surface area contributed by atoms with Gasteiger partial charge in [-0.25, -0.2) is 4.79 Å². The third-order valence-electron chi connectivity index (χ3n) is 7.44. The van der Waals surface area contributed by atoms with Crippen LogP contribution in [0.3, 0.4) is 0 Å². The molecule has 2 aliphatic rings. The Hall–Kier alpha value is -1.88. The van der Waals surface area contributed by atoms with E-state index in [1.54, 1.807) is 12.1 Å². The number of carbonyl (C=O) groups is 2. The Balaban J connectivity index is 1.47. The third-order valence-corrected chi connectivity index (χ3v) is 7.44. The zero-order chi connectivity index (χ0) is 20.6. The molecule has 3 rings (SSSR count). The summed E-state index contributed by atoms with van der Waals surface area (Å²) < 4.78 is 11.7. The molecular formula is C23H34NO4+. The largest absolute Gasteiger partial charge is 0.462 e. The predicted octanol–water partition coefficient (Wildman–Crippen LogP) is 3.82. The second-order valence-electron chi connectivity index (χ2n) is 9.94. The molecule has 0 amide bonds. The van der Waals surface area contributed by atoms with Crippen LogP contribution in [-0.2, 0) is 14.3 Å². The van der Waals surface area contributed by atoms with E-state index in [-0.39, 0.29) is 35.4 Å². The summed E-state index contributed by atoms with van der Waals surface area (Å²) in [7, 11) is 3.86. The second kappa shape index (κ2) is 7.51. The topological polar surface area (TPSA) is 52.6 Å². The Labute approximate surface area is 168 Å². The van der Waals surface area contributed by atoms with Crippen LogP contribution in [0, 0.1) is 16.7 Å². The van der Waals surface area contributed by atoms with Crippen LogP contribution in [0.1, 0.15) is 46.5 Å². The van der Waals surface area contributed by atoms with Crippen LogP contribution in [0.25, 0.3) is 0 Å². The van der Waals surface area contributed by atoms with Crippen molar-refractivity contribution in [3.63, 3.8) is 0 Å². The number of carbonyl (C=O) groups excluding carboxylic acids is 2. The van der Waals surface area contributed by atoms with Gasteiger partial charge in [0.25, 0.3) is 0 Å². The number of quaternary nitrogens is 1. The molecule has 0 saturated heterocycles. The van der Waals surface area contributed by atoms with Crippen LogP contribution in [0.2, 0.25) is 0 Å². The molecule has 28 heavy (non-hydrogen) atoms. The smallest absolute Gasteiger partial charge is 0.367 e. The third kappa shape index (κ3) is 4.09. The Kier molecular flexibility index (Phi) is 5.59. The lowest BCUT2D eigenvalue weighted by molar-refractivity contribution is -0.882. The van der Waals surface area contributed by atoms with Crippen LogP contribution in [0.4, 0.5) is 0 Å². The van der Waals surface area contributed by atoms with E-state index < -0.39 is 0 Å². The molecule has 0 heterocycles. The van der Waals surface area contributed by atoms with Gasteiger partial charge in [0.15, 0.2) is 6.54 Å². The van der Waals surface area contributed by atoms with Crippen LogP contribution in [0.5, 0.6) is 5.75 Å². The fraction of sp³-hybridized carbons (Fsp3) is 0.652. The van der Waals surface area contributed by atoms with Crippen LogP contribution in [-0.4, -0.2) is 49.7 Å². The number of esters is 2. The van der Waals surface area contributed by atoms with Gasteiger partial charge in [-0.05, 0) is 42.7 Å². The summed E-state index contributed by atoms with van der Waals surface area (Å²) in [6.07, 6.45) is 3.69. The molecular weight excluding hydrogens is 354 g/mol. The van der Waals surface area contributed by atoms with E-state index in [0.717, 1.165) is 12.8 Å². The van der Waals surface area contributed by atoms with Crippen molar-refractivity contribution in [1.29, 1.82) is 0 Å². The van der Waals surface area contributed by atoms with E-state index in [1.807, 2.05) is 32.3 Å². The lowest BCUT2D eigenvalue weighted by atomic mass is 9.70. The number of hydrogen-bond acceptors (Lipinski definition) is 4. The molecule has 2 saturated carbocycles. The van der Waals surface area contributed by atoms with Gasteiger partial charge in [-0.2, -0.15) is 0 Å². The van der Waals surface area contributed by atoms with Gasteiger partial charge in [-0.1, -0.05) is 39.0 Å². The lowest BCUT2D eigenvalue weighted by Crippen LogP contribution is -2.46. The molecule has 5 heteroatoms.